The van der Waals surface area contributed by atoms with Gasteiger partial charge in [-0.05, 0) is 63.1 Å². The van der Waals surface area contributed by atoms with Gasteiger partial charge in [0.25, 0.3) is 0 Å². The minimum atomic E-state index is 0.762. The summed E-state index contributed by atoms with van der Waals surface area (Å²) >= 11 is 0. The predicted octanol–water partition coefficient (Wildman–Crippen LogP) is 6.18. The van der Waals surface area contributed by atoms with E-state index in [1.54, 1.807) is 0 Å². The van der Waals surface area contributed by atoms with E-state index in [4.69, 9.17) is 4.42 Å². The summed E-state index contributed by atoms with van der Waals surface area (Å²) in [5, 5.41) is 0. The van der Waals surface area contributed by atoms with Crippen molar-refractivity contribution >= 4 is 22.8 Å². The molecule has 3 nitrogen and oxygen atoms in total. The highest BCUT2D eigenvalue weighted by Crippen LogP contribution is 2.22. The fourth-order valence-electron chi connectivity index (χ4n) is 2.58. The number of aliphatic imine (C=N–C) groups is 2. The van der Waals surface area contributed by atoms with E-state index in [-0.39, 0.29) is 0 Å². The molecule has 0 amide bonds. The molecule has 0 fully saturated rings. The van der Waals surface area contributed by atoms with Crippen LogP contribution in [0.25, 0.3) is 0 Å². The molecule has 0 atom stereocenters. The number of hydrogen-bond donors (Lipinski definition) is 0. The summed E-state index contributed by atoms with van der Waals surface area (Å²) in [6, 6.07) is 20.0. The number of furan rings is 1. The average molecular weight is 330 g/mol. The lowest BCUT2D eigenvalue weighted by atomic mass is 10.2. The smallest absolute Gasteiger partial charge is 0.148 e. The van der Waals surface area contributed by atoms with E-state index >= 15 is 0 Å². The summed E-state index contributed by atoms with van der Waals surface area (Å²) in [5.41, 5.74) is 5.91. The summed E-state index contributed by atoms with van der Waals surface area (Å²) in [5.74, 6) is 1.52. The van der Waals surface area contributed by atoms with Crippen molar-refractivity contribution in [1.82, 2.24) is 0 Å². The lowest BCUT2D eigenvalue weighted by Crippen LogP contribution is -1.94. The summed E-state index contributed by atoms with van der Waals surface area (Å²) in [6.45, 7) is 8.03. The largest absolute Gasteiger partial charge is 0.454 e. The monoisotopic (exact) mass is 330 g/mol. The molecule has 1 aromatic heterocycles. The zero-order valence-electron chi connectivity index (χ0n) is 15.1. The fourth-order valence-corrected chi connectivity index (χ4v) is 2.58. The van der Waals surface area contributed by atoms with E-state index in [0.29, 0.717) is 0 Å². The third kappa shape index (κ3) is 3.94. The molecule has 2 aromatic carbocycles. The van der Waals surface area contributed by atoms with Gasteiger partial charge in [-0.2, -0.15) is 0 Å². The highest BCUT2D eigenvalue weighted by molar-refractivity contribution is 6.01. The maximum absolute atomic E-state index is 5.97. The van der Waals surface area contributed by atoms with Crippen molar-refractivity contribution in [3.8, 4) is 0 Å². The lowest BCUT2D eigenvalue weighted by Gasteiger charge is -2.02. The number of rotatable bonds is 4. The van der Waals surface area contributed by atoms with Gasteiger partial charge in [-0.25, -0.2) is 9.98 Å². The van der Waals surface area contributed by atoms with Crippen LogP contribution in [-0.2, 0) is 0 Å². The van der Waals surface area contributed by atoms with Gasteiger partial charge < -0.3 is 4.42 Å². The Balaban J connectivity index is 1.87. The second-order valence-electron chi connectivity index (χ2n) is 6.13. The third-order valence-electron chi connectivity index (χ3n) is 4.13. The molecule has 3 rings (SSSR count). The van der Waals surface area contributed by atoms with Crippen LogP contribution in [0, 0.1) is 13.8 Å². The molecule has 0 spiro atoms. The Morgan fingerprint density at radius 3 is 1.44 bits per heavy atom. The molecule has 0 aliphatic heterocycles. The average Bonchev–Trinajstić information content (AvgIpc) is 3.09. The van der Waals surface area contributed by atoms with Crippen LogP contribution < -0.4 is 0 Å². The van der Waals surface area contributed by atoms with Crippen molar-refractivity contribution in [2.75, 3.05) is 0 Å². The van der Waals surface area contributed by atoms with Gasteiger partial charge in [-0.1, -0.05) is 36.4 Å². The van der Waals surface area contributed by atoms with Gasteiger partial charge in [0.2, 0.25) is 0 Å². The van der Waals surface area contributed by atoms with Crippen LogP contribution >= 0.6 is 0 Å². The van der Waals surface area contributed by atoms with Crippen LogP contribution in [0.4, 0.5) is 11.4 Å². The van der Waals surface area contributed by atoms with Gasteiger partial charge in [0.1, 0.15) is 11.5 Å². The van der Waals surface area contributed by atoms with E-state index < -0.39 is 0 Å². The van der Waals surface area contributed by atoms with E-state index in [2.05, 4.69) is 36.0 Å². The molecule has 1 heterocycles. The molecule has 0 aliphatic rings. The van der Waals surface area contributed by atoms with Crippen LogP contribution in [0.2, 0.25) is 0 Å². The van der Waals surface area contributed by atoms with E-state index in [1.165, 1.54) is 0 Å². The normalized spacial score (nSPS) is 12.5. The first-order chi connectivity index (χ1) is 12.0. The van der Waals surface area contributed by atoms with E-state index in [1.807, 2.05) is 62.4 Å². The molecule has 0 radical (unpaired) electrons. The molecule has 3 heteroatoms. The maximum Gasteiger partial charge on any atom is 0.148 e. The first-order valence-electron chi connectivity index (χ1n) is 8.37. The highest BCUT2D eigenvalue weighted by Gasteiger charge is 2.09. The minimum Gasteiger partial charge on any atom is -0.454 e. The Bertz CT molecular complexity index is 872. The molecule has 0 aliphatic carbocycles. The van der Waals surface area contributed by atoms with Gasteiger partial charge in [0.05, 0.1) is 22.8 Å². The first kappa shape index (κ1) is 16.9. The quantitative estimate of drug-likeness (QED) is 0.526. The molecule has 0 bridgehead atoms. The summed E-state index contributed by atoms with van der Waals surface area (Å²) in [7, 11) is 0. The van der Waals surface area contributed by atoms with Crippen LogP contribution in [0.3, 0.4) is 0 Å². The molecule has 0 saturated heterocycles. The molecule has 0 N–H and O–H groups in total. The van der Waals surface area contributed by atoms with Gasteiger partial charge in [-0.15, -0.1) is 0 Å². The Morgan fingerprint density at radius 2 is 1.04 bits per heavy atom. The van der Waals surface area contributed by atoms with Crippen molar-refractivity contribution in [2.24, 2.45) is 9.98 Å². The Hall–Kier alpha value is -2.94. The van der Waals surface area contributed by atoms with Crippen molar-refractivity contribution < 1.29 is 4.42 Å². The van der Waals surface area contributed by atoms with Crippen molar-refractivity contribution in [2.45, 2.75) is 27.7 Å². The SMILES string of the molecule is CC(=Nc1ccccc1C)c1ccc(C(C)=Nc2ccccc2C)o1. The van der Waals surface area contributed by atoms with Crippen molar-refractivity contribution in [3.05, 3.63) is 83.3 Å². The summed E-state index contributed by atoms with van der Waals surface area (Å²) in [6.07, 6.45) is 0. The van der Waals surface area contributed by atoms with Crippen LogP contribution in [0.15, 0.2) is 75.1 Å². The predicted molar refractivity (Wildman–Crippen MR) is 105 cm³/mol. The highest BCUT2D eigenvalue weighted by atomic mass is 16.3. The molecule has 3 aromatic rings. The van der Waals surface area contributed by atoms with Gasteiger partial charge in [0, 0.05) is 0 Å². The van der Waals surface area contributed by atoms with E-state index in [9.17, 15) is 0 Å². The second-order valence-corrected chi connectivity index (χ2v) is 6.13. The number of hydrogen-bond acceptors (Lipinski definition) is 3. The Labute approximate surface area is 148 Å². The Morgan fingerprint density at radius 1 is 0.640 bits per heavy atom. The fraction of sp³-hybridized carbons (Fsp3) is 0.182. The van der Waals surface area contributed by atoms with Gasteiger partial charge in [0.15, 0.2) is 0 Å². The molecule has 25 heavy (non-hydrogen) atoms. The third-order valence-corrected chi connectivity index (χ3v) is 4.13. The van der Waals surface area contributed by atoms with Crippen molar-refractivity contribution in [3.63, 3.8) is 0 Å². The number of nitrogens with zero attached hydrogens (tertiary/aromatic N) is 2. The number of aryl methyl sites for hydroxylation is 2. The molecule has 0 unspecified atom stereocenters. The molecule has 126 valence electrons. The van der Waals surface area contributed by atoms with Crippen LogP contribution in [-0.4, -0.2) is 11.4 Å². The maximum atomic E-state index is 5.97. The Kier molecular flexibility index (Phi) is 4.94. The van der Waals surface area contributed by atoms with Gasteiger partial charge in [-0.3, -0.25) is 0 Å². The number of para-hydroxylation sites is 2. The topological polar surface area (TPSA) is 37.9 Å². The summed E-state index contributed by atoms with van der Waals surface area (Å²) < 4.78 is 5.97. The van der Waals surface area contributed by atoms with Gasteiger partial charge >= 0.3 is 0 Å². The first-order valence-corrected chi connectivity index (χ1v) is 8.37. The summed E-state index contributed by atoms with van der Waals surface area (Å²) in [4.78, 5) is 9.37. The van der Waals surface area contributed by atoms with Crippen LogP contribution in [0.1, 0.15) is 36.5 Å². The lowest BCUT2D eigenvalue weighted by molar-refractivity contribution is 0.548. The number of benzene rings is 2. The molecule has 0 saturated carbocycles. The molecular weight excluding hydrogens is 308 g/mol. The van der Waals surface area contributed by atoms with Crippen LogP contribution in [0.5, 0.6) is 0 Å². The second kappa shape index (κ2) is 7.31. The van der Waals surface area contributed by atoms with E-state index in [0.717, 1.165) is 45.4 Å². The molecular formula is C22H22N2O. The standard InChI is InChI=1S/C22H22N2O/c1-15-9-5-7-11-19(15)23-17(3)21-13-14-22(25-21)18(4)24-20-12-8-6-10-16(20)2/h5-14H,1-4H3. The zero-order valence-corrected chi connectivity index (χ0v) is 15.1. The zero-order chi connectivity index (χ0) is 17.8. The van der Waals surface area contributed by atoms with Crippen molar-refractivity contribution in [1.29, 1.82) is 0 Å². The minimum absolute atomic E-state index is 0.762.